The van der Waals surface area contributed by atoms with E-state index >= 15 is 0 Å². The molecule has 5 rings (SSSR count). The number of halogens is 1. The molecule has 0 fully saturated rings. The van der Waals surface area contributed by atoms with Gasteiger partial charge in [0.05, 0.1) is 13.2 Å². The number of amides is 1. The van der Waals surface area contributed by atoms with Crippen LogP contribution < -0.4 is 15.0 Å². The van der Waals surface area contributed by atoms with Gasteiger partial charge in [-0.05, 0) is 76.3 Å². The Hall–Kier alpha value is -4.83. The molecule has 10 nitrogen and oxygen atoms in total. The third-order valence-corrected chi connectivity index (χ3v) is 8.52. The largest absolute Gasteiger partial charge is 0.494 e. The first-order valence-corrected chi connectivity index (χ1v) is 16.1. The molecule has 0 saturated carbocycles. The minimum absolute atomic E-state index is 0.0533. The van der Waals surface area contributed by atoms with Gasteiger partial charge < -0.3 is 24.8 Å². The van der Waals surface area contributed by atoms with Crippen molar-refractivity contribution in [1.29, 1.82) is 0 Å². The highest BCUT2D eigenvalue weighted by molar-refractivity contribution is 9.10. The van der Waals surface area contributed by atoms with E-state index in [4.69, 9.17) is 25.1 Å². The van der Waals surface area contributed by atoms with Crippen molar-refractivity contribution >= 4 is 33.4 Å². The monoisotopic (exact) mass is 696 g/mol. The second-order valence-electron chi connectivity index (χ2n) is 11.4. The van der Waals surface area contributed by atoms with Gasteiger partial charge in [-0.25, -0.2) is 4.99 Å². The number of hydrogen-bond donors (Lipinski definition) is 2. The molecule has 11 heteroatoms. The summed E-state index contributed by atoms with van der Waals surface area (Å²) >= 11 is 3.52. The highest BCUT2D eigenvalue weighted by Crippen LogP contribution is 2.43. The molecule has 0 saturated heterocycles. The highest BCUT2D eigenvalue weighted by Gasteiger charge is 2.53. The van der Waals surface area contributed by atoms with Crippen molar-refractivity contribution in [2.24, 2.45) is 10.1 Å². The van der Waals surface area contributed by atoms with Crippen molar-refractivity contribution in [3.05, 3.63) is 140 Å². The fourth-order valence-corrected chi connectivity index (χ4v) is 5.71. The summed E-state index contributed by atoms with van der Waals surface area (Å²) in [6, 6.07) is 30.7. The fraction of sp³-hybridized carbons (Fsp3) is 0.278. The Morgan fingerprint density at radius 1 is 1.04 bits per heavy atom. The van der Waals surface area contributed by atoms with E-state index in [9.17, 15) is 4.79 Å². The maximum Gasteiger partial charge on any atom is 0.252 e. The maximum absolute atomic E-state index is 14.6. The predicted molar refractivity (Wildman–Crippen MR) is 186 cm³/mol. The van der Waals surface area contributed by atoms with E-state index in [0.717, 1.165) is 32.4 Å². The van der Waals surface area contributed by atoms with Gasteiger partial charge in [0, 0.05) is 60.7 Å². The molecule has 4 aromatic carbocycles. The van der Waals surface area contributed by atoms with Crippen LogP contribution in [0.1, 0.15) is 40.3 Å². The van der Waals surface area contributed by atoms with Crippen molar-refractivity contribution in [3.8, 4) is 5.75 Å². The zero-order chi connectivity index (χ0) is 33.2. The lowest BCUT2D eigenvalue weighted by Gasteiger charge is -2.31. The summed E-state index contributed by atoms with van der Waals surface area (Å²) in [6.07, 6.45) is -0.0395. The van der Waals surface area contributed by atoms with Crippen molar-refractivity contribution in [1.82, 2.24) is 5.32 Å². The molecule has 1 amide bonds. The number of ether oxygens (including phenoxy) is 2. The van der Waals surface area contributed by atoms with Crippen molar-refractivity contribution in [2.45, 2.75) is 37.6 Å². The number of hydrogen-bond acceptors (Lipinski definition) is 7. The van der Waals surface area contributed by atoms with E-state index in [-0.39, 0.29) is 25.5 Å². The molecule has 0 aliphatic carbocycles. The zero-order valence-corrected chi connectivity index (χ0v) is 27.9. The summed E-state index contributed by atoms with van der Waals surface area (Å²) < 4.78 is 13.3. The molecule has 0 aromatic heterocycles. The van der Waals surface area contributed by atoms with E-state index < -0.39 is 11.6 Å². The number of azide groups is 1. The first kappa shape index (κ1) is 33.5. The van der Waals surface area contributed by atoms with Crippen LogP contribution in [-0.2, 0) is 29.0 Å². The third kappa shape index (κ3) is 8.13. The number of aliphatic hydroxyl groups is 1. The first-order valence-electron chi connectivity index (χ1n) is 15.3. The quantitative estimate of drug-likeness (QED) is 0.0641. The van der Waals surface area contributed by atoms with Gasteiger partial charge in [-0.1, -0.05) is 69.6 Å². The number of benzene rings is 4. The molecule has 1 heterocycles. The van der Waals surface area contributed by atoms with Crippen molar-refractivity contribution < 1.29 is 19.4 Å². The smallest absolute Gasteiger partial charge is 0.252 e. The van der Waals surface area contributed by atoms with Crippen LogP contribution in [0.15, 0.2) is 112 Å². The second kappa shape index (κ2) is 15.6. The number of carbonyl (C=O) groups excluding carboxylic acids is 1. The lowest BCUT2D eigenvalue weighted by Crippen LogP contribution is -2.49. The lowest BCUT2D eigenvalue weighted by atomic mass is 9.81. The molecule has 0 spiro atoms. The number of rotatable bonds is 14. The maximum atomic E-state index is 14.6. The number of aliphatic hydroxyl groups excluding tert-OH is 1. The van der Waals surface area contributed by atoms with Crippen LogP contribution in [0, 0.1) is 0 Å². The lowest BCUT2D eigenvalue weighted by molar-refractivity contribution is -0.129. The SMILES string of the molecule is CN(C)c1ccc(CNC(=O)[C@]2(Cc3ccccc3CN=[N+]=[N-])N=C(c3ccc(OCCCO)cc3)O[C@@H]2c2ccc(Br)cc2)cc1. The first-order chi connectivity index (χ1) is 22.8. The average Bonchev–Trinajstić information content (AvgIpc) is 3.48. The van der Waals surface area contributed by atoms with Gasteiger partial charge in [0.15, 0.2) is 11.6 Å². The number of aliphatic imine (C=N–C) groups is 1. The minimum atomic E-state index is -1.41. The Morgan fingerprint density at radius 3 is 2.40 bits per heavy atom. The normalized spacial score (nSPS) is 16.9. The molecule has 47 heavy (non-hydrogen) atoms. The molecule has 1 aliphatic rings. The number of nitrogens with one attached hydrogen (secondary N) is 1. The van der Waals surface area contributed by atoms with Gasteiger partial charge in [-0.15, -0.1) is 0 Å². The van der Waals surface area contributed by atoms with Crippen LogP contribution in [-0.4, -0.2) is 49.8 Å². The van der Waals surface area contributed by atoms with Crippen LogP contribution in [0.3, 0.4) is 0 Å². The van der Waals surface area contributed by atoms with E-state index in [2.05, 4.69) is 31.3 Å². The molecule has 0 bridgehead atoms. The van der Waals surface area contributed by atoms with Crippen molar-refractivity contribution in [2.75, 3.05) is 32.2 Å². The van der Waals surface area contributed by atoms with Gasteiger partial charge in [0.2, 0.25) is 5.90 Å². The molecule has 2 atom stereocenters. The summed E-state index contributed by atoms with van der Waals surface area (Å²) in [5.74, 6) is 0.694. The van der Waals surface area contributed by atoms with Gasteiger partial charge in [-0.3, -0.25) is 4.79 Å². The van der Waals surface area contributed by atoms with Gasteiger partial charge in [0.25, 0.3) is 5.91 Å². The van der Waals surface area contributed by atoms with E-state index in [1.165, 1.54) is 0 Å². The summed E-state index contributed by atoms with van der Waals surface area (Å²) in [5.41, 5.74) is 12.8. The number of nitrogens with zero attached hydrogens (tertiary/aromatic N) is 5. The molecule has 0 radical (unpaired) electrons. The Labute approximate surface area is 282 Å². The molecule has 242 valence electrons. The molecule has 4 aromatic rings. The van der Waals surface area contributed by atoms with Gasteiger partial charge in [0.1, 0.15) is 5.75 Å². The van der Waals surface area contributed by atoms with Gasteiger partial charge >= 0.3 is 0 Å². The summed E-state index contributed by atoms with van der Waals surface area (Å²) in [5, 5.41) is 16.1. The van der Waals surface area contributed by atoms with Crippen molar-refractivity contribution in [3.63, 3.8) is 0 Å². The Bertz CT molecular complexity index is 1740. The molecule has 0 unspecified atom stereocenters. The average molecular weight is 698 g/mol. The fourth-order valence-electron chi connectivity index (χ4n) is 5.45. The predicted octanol–water partition coefficient (Wildman–Crippen LogP) is 6.90. The van der Waals surface area contributed by atoms with Crippen LogP contribution in [0.5, 0.6) is 5.75 Å². The van der Waals surface area contributed by atoms with Crippen LogP contribution >= 0.6 is 15.9 Å². The zero-order valence-electron chi connectivity index (χ0n) is 26.3. The minimum Gasteiger partial charge on any atom is -0.494 e. The number of anilines is 1. The highest BCUT2D eigenvalue weighted by atomic mass is 79.9. The second-order valence-corrected chi connectivity index (χ2v) is 12.3. The van der Waals surface area contributed by atoms with E-state index in [0.29, 0.717) is 36.8 Å². The Morgan fingerprint density at radius 2 is 1.74 bits per heavy atom. The molecule has 1 aliphatic heterocycles. The van der Waals surface area contributed by atoms with Gasteiger partial charge in [-0.2, -0.15) is 0 Å². The molecule has 2 N–H and O–H groups in total. The van der Waals surface area contributed by atoms with Crippen LogP contribution in [0.4, 0.5) is 5.69 Å². The summed E-state index contributed by atoms with van der Waals surface area (Å²) in [4.78, 5) is 24.7. The Balaban J connectivity index is 1.57. The number of carbonyl (C=O) groups is 1. The van der Waals surface area contributed by atoms with Crippen LogP contribution in [0.2, 0.25) is 0 Å². The van der Waals surface area contributed by atoms with Crippen LogP contribution in [0.25, 0.3) is 10.4 Å². The molecular formula is C36H37BrN6O4. The standard InChI is InChI=1S/C36H37BrN6O4/c1-43(2)31-16-8-25(9-17-31)23-39-35(45)36(22-28-6-3-4-7-29(28)24-40-42-38)33(26-10-14-30(37)15-11-26)47-34(41-36)27-12-18-32(19-13-27)46-21-5-20-44/h3-4,6-19,33,44H,5,20-24H2,1-2H3,(H,39,45)/t33-,36-/m1/s1. The third-order valence-electron chi connectivity index (χ3n) is 7.99. The molecular weight excluding hydrogens is 660 g/mol. The van der Waals surface area contributed by atoms with E-state index in [1.807, 2.05) is 116 Å². The summed E-state index contributed by atoms with van der Waals surface area (Å²) in [7, 11) is 3.96. The van der Waals surface area contributed by atoms with E-state index in [1.54, 1.807) is 0 Å². The summed E-state index contributed by atoms with van der Waals surface area (Å²) in [6.45, 7) is 0.889. The topological polar surface area (TPSA) is 132 Å². The Kier molecular flexibility index (Phi) is 11.2.